The summed E-state index contributed by atoms with van der Waals surface area (Å²) < 4.78 is 2.91. The second-order valence-corrected chi connectivity index (χ2v) is 4.46. The van der Waals surface area contributed by atoms with Gasteiger partial charge in [0, 0.05) is 25.4 Å². The highest BCUT2D eigenvalue weighted by Gasteiger charge is 2.05. The Morgan fingerprint density at radius 3 is 3.00 bits per heavy atom. The third-order valence-corrected chi connectivity index (χ3v) is 2.89. The first-order chi connectivity index (χ1) is 10.2. The maximum Gasteiger partial charge on any atom is 0.350 e. The molecule has 6 heteroatoms. The molecule has 6 nitrogen and oxygen atoms in total. The molecule has 0 aliphatic carbocycles. The van der Waals surface area contributed by atoms with Gasteiger partial charge in [0.2, 0.25) is 5.91 Å². The van der Waals surface area contributed by atoms with Crippen LogP contribution < -0.4 is 11.0 Å². The molecule has 21 heavy (non-hydrogen) atoms. The van der Waals surface area contributed by atoms with Gasteiger partial charge in [-0.25, -0.2) is 9.48 Å². The molecule has 2 aromatic rings. The number of hydrogen-bond acceptors (Lipinski definition) is 3. The summed E-state index contributed by atoms with van der Waals surface area (Å²) in [5.41, 5.74) is 0.464. The summed E-state index contributed by atoms with van der Waals surface area (Å²) in [7, 11) is 0. The monoisotopic (exact) mass is 286 g/mol. The minimum Gasteiger partial charge on any atom is -0.352 e. The van der Waals surface area contributed by atoms with Crippen LogP contribution >= 0.6 is 0 Å². The summed E-state index contributed by atoms with van der Waals surface area (Å²) in [6.07, 6.45) is 9.12. The molecule has 0 bridgehead atoms. The van der Waals surface area contributed by atoms with Crippen LogP contribution in [0.4, 0.5) is 0 Å². The molecule has 1 amide bonds. The fourth-order valence-corrected chi connectivity index (χ4v) is 1.87. The first-order valence-corrected chi connectivity index (χ1v) is 6.84. The summed E-state index contributed by atoms with van der Waals surface area (Å²) in [6, 6.07) is 5.41. The lowest BCUT2D eigenvalue weighted by molar-refractivity contribution is -0.116. The number of carbonyl (C=O) groups excluding carboxylic acids is 1. The summed E-state index contributed by atoms with van der Waals surface area (Å²) in [5.74, 6) is -0.143. The quantitative estimate of drug-likeness (QED) is 0.492. The van der Waals surface area contributed by atoms with Crippen LogP contribution in [0.5, 0.6) is 0 Å². The molecule has 2 heterocycles. The number of carbonyl (C=O) groups is 1. The standard InChI is InChI=1S/C15H18N4O2/c1-2-3-4-9-14(20)16-10-7-12-19-15(21)18-11-6-5-8-13(18)17-19/h2-6,8-9,11H,7,10,12H2,1H3,(H,16,20)/b3-2+,9-4+. The Labute approximate surface area is 122 Å². The van der Waals surface area contributed by atoms with Gasteiger partial charge in [-0.3, -0.25) is 9.20 Å². The van der Waals surface area contributed by atoms with Crippen LogP contribution in [-0.4, -0.2) is 26.6 Å². The van der Waals surface area contributed by atoms with Gasteiger partial charge in [0.1, 0.15) is 0 Å². The second kappa shape index (κ2) is 7.23. The highest BCUT2D eigenvalue weighted by molar-refractivity contribution is 5.87. The van der Waals surface area contributed by atoms with Crippen molar-refractivity contribution < 1.29 is 4.79 Å². The molecule has 0 aliphatic heterocycles. The summed E-state index contributed by atoms with van der Waals surface area (Å²) in [6.45, 7) is 2.85. The molecule has 1 N–H and O–H groups in total. The maximum atomic E-state index is 12.0. The Bertz CT molecular complexity index is 725. The van der Waals surface area contributed by atoms with Gasteiger partial charge in [-0.2, -0.15) is 0 Å². The zero-order chi connectivity index (χ0) is 15.1. The lowest BCUT2D eigenvalue weighted by atomic mass is 10.4. The van der Waals surface area contributed by atoms with Crippen molar-refractivity contribution in [3.63, 3.8) is 0 Å². The maximum absolute atomic E-state index is 12.0. The van der Waals surface area contributed by atoms with E-state index in [0.717, 1.165) is 0 Å². The molecule has 0 saturated heterocycles. The molecule has 110 valence electrons. The van der Waals surface area contributed by atoms with Crippen LogP contribution in [0.15, 0.2) is 53.5 Å². The number of nitrogens with zero attached hydrogens (tertiary/aromatic N) is 3. The van der Waals surface area contributed by atoms with Crippen molar-refractivity contribution in [1.82, 2.24) is 19.5 Å². The molecule has 0 saturated carbocycles. The van der Waals surface area contributed by atoms with Gasteiger partial charge in [-0.15, -0.1) is 5.10 Å². The summed E-state index contributed by atoms with van der Waals surface area (Å²) in [5, 5.41) is 6.98. The smallest absolute Gasteiger partial charge is 0.350 e. The molecule has 0 aliphatic rings. The van der Waals surface area contributed by atoms with Crippen molar-refractivity contribution in [2.45, 2.75) is 19.9 Å². The largest absolute Gasteiger partial charge is 0.352 e. The molecular weight excluding hydrogens is 268 g/mol. The Kier molecular flexibility index (Phi) is 5.09. The Hall–Kier alpha value is -2.63. The van der Waals surface area contributed by atoms with E-state index in [0.29, 0.717) is 25.2 Å². The van der Waals surface area contributed by atoms with Gasteiger partial charge < -0.3 is 5.32 Å². The molecule has 0 aromatic carbocycles. The number of hydrogen-bond donors (Lipinski definition) is 1. The van der Waals surface area contributed by atoms with Crippen molar-refractivity contribution in [2.24, 2.45) is 0 Å². The van der Waals surface area contributed by atoms with Crippen LogP contribution in [0.25, 0.3) is 5.65 Å². The van der Waals surface area contributed by atoms with Crippen molar-refractivity contribution >= 4 is 11.6 Å². The van der Waals surface area contributed by atoms with E-state index in [2.05, 4.69) is 10.4 Å². The van der Waals surface area contributed by atoms with E-state index in [4.69, 9.17) is 0 Å². The average Bonchev–Trinajstić information content (AvgIpc) is 2.81. The minimum atomic E-state index is -0.162. The molecule has 0 radical (unpaired) electrons. The highest BCUT2D eigenvalue weighted by Crippen LogP contribution is 1.95. The molecule has 0 fully saturated rings. The Morgan fingerprint density at radius 1 is 1.38 bits per heavy atom. The molecular formula is C15H18N4O2. The van der Waals surface area contributed by atoms with E-state index in [9.17, 15) is 9.59 Å². The predicted molar refractivity (Wildman–Crippen MR) is 81.0 cm³/mol. The van der Waals surface area contributed by atoms with E-state index < -0.39 is 0 Å². The first-order valence-electron chi connectivity index (χ1n) is 6.84. The molecule has 2 aromatic heterocycles. The van der Waals surface area contributed by atoms with E-state index in [1.165, 1.54) is 15.2 Å². The van der Waals surface area contributed by atoms with Gasteiger partial charge in [-0.1, -0.05) is 24.3 Å². The zero-order valence-corrected chi connectivity index (χ0v) is 11.9. The van der Waals surface area contributed by atoms with Gasteiger partial charge in [0.25, 0.3) is 0 Å². The first kappa shape index (κ1) is 14.8. The van der Waals surface area contributed by atoms with E-state index in [1.807, 2.05) is 19.1 Å². The van der Waals surface area contributed by atoms with Crippen molar-refractivity contribution in [3.8, 4) is 0 Å². The minimum absolute atomic E-state index is 0.143. The number of rotatable bonds is 6. The molecule has 2 rings (SSSR count). The van der Waals surface area contributed by atoms with Crippen LogP contribution in [0.1, 0.15) is 13.3 Å². The van der Waals surface area contributed by atoms with Crippen LogP contribution in [0.2, 0.25) is 0 Å². The lowest BCUT2D eigenvalue weighted by Gasteiger charge is -2.01. The van der Waals surface area contributed by atoms with Crippen LogP contribution in [-0.2, 0) is 11.3 Å². The third kappa shape index (κ3) is 3.92. The predicted octanol–water partition coefficient (Wildman–Crippen LogP) is 1.13. The van der Waals surface area contributed by atoms with Crippen molar-refractivity contribution in [3.05, 3.63) is 59.2 Å². The lowest BCUT2D eigenvalue weighted by Crippen LogP contribution is -2.26. The molecule has 0 atom stereocenters. The third-order valence-electron chi connectivity index (χ3n) is 2.89. The SMILES string of the molecule is C/C=C/C=C/C(=O)NCCCn1nc2ccccn2c1=O. The summed E-state index contributed by atoms with van der Waals surface area (Å²) in [4.78, 5) is 23.4. The van der Waals surface area contributed by atoms with E-state index in [1.54, 1.807) is 30.5 Å². The fraction of sp³-hybridized carbons (Fsp3) is 0.267. The van der Waals surface area contributed by atoms with Gasteiger partial charge in [0.05, 0.1) is 0 Å². The fourth-order valence-electron chi connectivity index (χ4n) is 1.87. The van der Waals surface area contributed by atoms with Crippen molar-refractivity contribution in [2.75, 3.05) is 6.54 Å². The van der Waals surface area contributed by atoms with Gasteiger partial charge >= 0.3 is 5.69 Å². The number of allylic oxidation sites excluding steroid dienone is 3. The normalized spacial score (nSPS) is 11.7. The topological polar surface area (TPSA) is 68.4 Å². The summed E-state index contributed by atoms with van der Waals surface area (Å²) >= 11 is 0. The number of pyridine rings is 1. The van der Waals surface area contributed by atoms with Crippen LogP contribution in [0.3, 0.4) is 0 Å². The Balaban J connectivity index is 1.84. The number of aromatic nitrogens is 3. The highest BCUT2D eigenvalue weighted by atomic mass is 16.2. The van der Waals surface area contributed by atoms with Crippen LogP contribution in [0, 0.1) is 0 Å². The molecule has 0 spiro atoms. The number of amides is 1. The average molecular weight is 286 g/mol. The van der Waals surface area contributed by atoms with E-state index in [-0.39, 0.29) is 11.6 Å². The van der Waals surface area contributed by atoms with E-state index >= 15 is 0 Å². The zero-order valence-electron chi connectivity index (χ0n) is 11.9. The molecule has 0 unspecified atom stereocenters. The number of nitrogens with one attached hydrogen (secondary N) is 1. The van der Waals surface area contributed by atoms with Crippen molar-refractivity contribution in [1.29, 1.82) is 0 Å². The number of fused-ring (bicyclic) bond motifs is 1. The Morgan fingerprint density at radius 2 is 2.24 bits per heavy atom. The van der Waals surface area contributed by atoms with Gasteiger partial charge in [0.15, 0.2) is 5.65 Å². The second-order valence-electron chi connectivity index (χ2n) is 4.46. The van der Waals surface area contributed by atoms with Gasteiger partial charge in [-0.05, 0) is 25.5 Å². The number of aryl methyl sites for hydroxylation is 1.